The number of anilines is 2. The molecule has 5 aromatic rings. The topological polar surface area (TPSA) is 168 Å². The maximum Gasteiger partial charge on any atom is 0.284 e. The van der Waals surface area contributed by atoms with Crippen molar-refractivity contribution in [2.75, 3.05) is 62.6 Å². The Hall–Kier alpha value is -5.33. The van der Waals surface area contributed by atoms with Gasteiger partial charge in [0.05, 0.1) is 42.6 Å². The number of amides is 3. The predicted octanol–water partition coefficient (Wildman–Crippen LogP) is 4.74. The number of piperidine rings is 1. The van der Waals surface area contributed by atoms with Gasteiger partial charge in [-0.3, -0.25) is 24.4 Å². The number of para-hydroxylation sites is 1. The van der Waals surface area contributed by atoms with Crippen molar-refractivity contribution >= 4 is 45.8 Å². The number of halogens is 2. The predicted molar refractivity (Wildman–Crippen MR) is 215 cm³/mol. The van der Waals surface area contributed by atoms with E-state index >= 15 is 0 Å². The molecule has 0 unspecified atom stereocenters. The number of benzene rings is 1. The molecule has 5 aliphatic rings. The molecule has 2 bridgehead atoms. The normalized spacial score (nSPS) is 25.2. The number of imide groups is 1. The fourth-order valence-electron chi connectivity index (χ4n) is 9.99. The Morgan fingerprint density at radius 1 is 1.02 bits per heavy atom. The van der Waals surface area contributed by atoms with Crippen LogP contribution in [-0.2, 0) is 20.7 Å². The van der Waals surface area contributed by atoms with Gasteiger partial charge < -0.3 is 29.3 Å². The van der Waals surface area contributed by atoms with E-state index in [1.807, 2.05) is 18.2 Å². The number of aromatic nitrogens is 6. The van der Waals surface area contributed by atoms with E-state index in [1.165, 1.54) is 10.7 Å². The van der Waals surface area contributed by atoms with E-state index in [2.05, 4.69) is 46.8 Å². The molecule has 3 atom stereocenters. The lowest BCUT2D eigenvalue weighted by molar-refractivity contribution is -0.134. The van der Waals surface area contributed by atoms with Gasteiger partial charge in [-0.25, -0.2) is 18.3 Å². The van der Waals surface area contributed by atoms with Crippen LogP contribution in [0.2, 0.25) is 0 Å². The van der Waals surface area contributed by atoms with Gasteiger partial charge in [0.1, 0.15) is 17.1 Å². The minimum absolute atomic E-state index is 0.00782. The SMILES string of the molecule is O=C1CC[C@@H](c2noc3c(CCCN4CCN(CC5CCC(n6cc(NC(=O)c7cnn8ccc(N9C[C@H]%10C[C@@H]9CO%10)nc78)c(C(F)F)n6)CC5)CC4)cccc23)C(=O)N1. The number of ether oxygens (including phenoxy) is 1. The Kier molecular flexibility index (Phi) is 10.5. The van der Waals surface area contributed by atoms with Crippen LogP contribution < -0.4 is 15.5 Å². The number of carbonyl (C=O) groups is 3. The number of piperazine rings is 1. The third kappa shape index (κ3) is 7.64. The molecule has 1 saturated carbocycles. The highest BCUT2D eigenvalue weighted by molar-refractivity contribution is 6.08. The zero-order chi connectivity index (χ0) is 40.9. The number of aryl methyl sites for hydroxylation is 1. The van der Waals surface area contributed by atoms with Gasteiger partial charge in [-0.05, 0) is 81.5 Å². The van der Waals surface area contributed by atoms with Gasteiger partial charge in [-0.1, -0.05) is 17.3 Å². The summed E-state index contributed by atoms with van der Waals surface area (Å²) in [6, 6.07) is 8.07. The van der Waals surface area contributed by atoms with Crippen LogP contribution in [0, 0.1) is 5.92 Å². The first-order valence-corrected chi connectivity index (χ1v) is 21.3. The average Bonchev–Trinajstić information content (AvgIpc) is 4.11. The highest BCUT2D eigenvalue weighted by Crippen LogP contribution is 2.37. The quantitative estimate of drug-likeness (QED) is 0.166. The van der Waals surface area contributed by atoms with Gasteiger partial charge in [0.2, 0.25) is 11.8 Å². The maximum atomic E-state index is 14.3. The molecule has 18 heteroatoms. The number of hydrogen-bond acceptors (Lipinski definition) is 12. The zero-order valence-electron chi connectivity index (χ0n) is 33.3. The highest BCUT2D eigenvalue weighted by atomic mass is 19.3. The summed E-state index contributed by atoms with van der Waals surface area (Å²) in [5.41, 5.74) is 2.54. The number of nitrogens with one attached hydrogen (secondary N) is 2. The summed E-state index contributed by atoms with van der Waals surface area (Å²) >= 11 is 0. The van der Waals surface area contributed by atoms with E-state index in [9.17, 15) is 23.2 Å². The van der Waals surface area contributed by atoms with E-state index in [4.69, 9.17) is 14.2 Å². The molecule has 4 aromatic heterocycles. The van der Waals surface area contributed by atoms with Crippen LogP contribution in [-0.4, -0.2) is 122 Å². The second-order valence-corrected chi connectivity index (χ2v) is 17.1. The van der Waals surface area contributed by atoms with Crippen molar-refractivity contribution in [3.63, 3.8) is 0 Å². The molecular formula is C42H49F2N11O5. The van der Waals surface area contributed by atoms with Gasteiger partial charge in [0.25, 0.3) is 12.3 Å². The van der Waals surface area contributed by atoms with Crippen LogP contribution >= 0.6 is 0 Å². The largest absolute Gasteiger partial charge is 0.374 e. The summed E-state index contributed by atoms with van der Waals surface area (Å²) in [5, 5.41) is 18.8. The van der Waals surface area contributed by atoms with Crippen LogP contribution in [0.1, 0.15) is 97.1 Å². The summed E-state index contributed by atoms with van der Waals surface area (Å²) < 4.78 is 43.2. The summed E-state index contributed by atoms with van der Waals surface area (Å²) in [4.78, 5) is 49.6. The molecular weight excluding hydrogens is 777 g/mol. The molecule has 0 spiro atoms. The Labute approximate surface area is 344 Å². The standard InChI is InChI=1S/C42H49F2N11O5/c43-39(44)37-33(46-42(58)32-20-45-54-14-12-34(47-40(32)54)53-22-29-19-28(53)24-59-29)23-55(49-37)27-8-6-25(7-9-27)21-52-17-15-51(16-18-52)13-2-4-26-3-1-5-30-36(50-60-38(26)30)31-10-11-35(56)48-41(31)57/h1,3,5,12,14,20,23,25,27-29,31,39H,2,4,6-11,13,15-19,21-22,24H2,(H,46,58)(H,48,56,57)/t25?,27?,28-,29-,31+/m1/s1. The lowest BCUT2D eigenvalue weighted by Gasteiger charge is -2.38. The fourth-order valence-corrected chi connectivity index (χ4v) is 9.99. The average molecular weight is 826 g/mol. The van der Waals surface area contributed by atoms with E-state index in [0.717, 1.165) is 113 Å². The Balaban J connectivity index is 0.690. The minimum atomic E-state index is -2.85. The van der Waals surface area contributed by atoms with Crippen LogP contribution in [0.3, 0.4) is 0 Å². The molecule has 4 saturated heterocycles. The molecule has 0 radical (unpaired) electrons. The number of carbonyl (C=O) groups excluding carboxylic acids is 3. The van der Waals surface area contributed by atoms with Gasteiger partial charge in [0, 0.05) is 63.5 Å². The third-order valence-corrected chi connectivity index (χ3v) is 13.3. The van der Waals surface area contributed by atoms with Crippen LogP contribution in [0.25, 0.3) is 16.6 Å². The van der Waals surface area contributed by atoms with Crippen LogP contribution in [0.5, 0.6) is 0 Å². The van der Waals surface area contributed by atoms with Crippen molar-refractivity contribution in [1.29, 1.82) is 0 Å². The Bertz CT molecular complexity index is 2400. The highest BCUT2D eigenvalue weighted by Gasteiger charge is 2.40. The fraction of sp³-hybridized carbons (Fsp3) is 0.548. The maximum absolute atomic E-state index is 14.3. The van der Waals surface area contributed by atoms with E-state index in [1.54, 1.807) is 17.1 Å². The molecule has 1 aromatic carbocycles. The number of rotatable bonds is 12. The van der Waals surface area contributed by atoms with Crippen molar-refractivity contribution in [2.45, 2.75) is 88.3 Å². The molecule has 316 valence electrons. The van der Waals surface area contributed by atoms with E-state index in [0.29, 0.717) is 36.7 Å². The van der Waals surface area contributed by atoms with Crippen molar-refractivity contribution in [1.82, 2.24) is 44.7 Å². The Morgan fingerprint density at radius 3 is 2.62 bits per heavy atom. The lowest BCUT2D eigenvalue weighted by atomic mass is 9.85. The van der Waals surface area contributed by atoms with Gasteiger partial charge in [-0.15, -0.1) is 0 Å². The molecule has 1 aliphatic carbocycles. The van der Waals surface area contributed by atoms with Gasteiger partial charge in [-0.2, -0.15) is 10.2 Å². The van der Waals surface area contributed by atoms with Crippen molar-refractivity contribution in [3.8, 4) is 0 Å². The first kappa shape index (κ1) is 38.8. The number of fused-ring (bicyclic) bond motifs is 4. The number of morpholine rings is 1. The summed E-state index contributed by atoms with van der Waals surface area (Å²) in [6.07, 6.45) is 9.20. The number of alkyl halides is 2. The second kappa shape index (κ2) is 16.3. The van der Waals surface area contributed by atoms with Crippen molar-refractivity contribution in [2.24, 2.45) is 5.92 Å². The molecule has 60 heavy (non-hydrogen) atoms. The number of hydrogen-bond donors (Lipinski definition) is 2. The smallest absolute Gasteiger partial charge is 0.284 e. The van der Waals surface area contributed by atoms with Gasteiger partial charge in [0.15, 0.2) is 16.9 Å². The molecule has 8 heterocycles. The molecule has 16 nitrogen and oxygen atoms in total. The third-order valence-electron chi connectivity index (χ3n) is 13.3. The second-order valence-electron chi connectivity index (χ2n) is 17.1. The summed E-state index contributed by atoms with van der Waals surface area (Å²) in [6.45, 7) is 7.40. The van der Waals surface area contributed by atoms with Crippen LogP contribution in [0.15, 0.2) is 47.4 Å². The van der Waals surface area contributed by atoms with Crippen molar-refractivity contribution < 1.29 is 32.4 Å². The van der Waals surface area contributed by atoms with Crippen molar-refractivity contribution in [3.05, 3.63) is 65.4 Å². The van der Waals surface area contributed by atoms with E-state index in [-0.39, 0.29) is 41.3 Å². The zero-order valence-corrected chi connectivity index (χ0v) is 33.3. The monoisotopic (exact) mass is 825 g/mol. The summed E-state index contributed by atoms with van der Waals surface area (Å²) in [7, 11) is 0. The van der Waals surface area contributed by atoms with Crippen LogP contribution in [0.4, 0.5) is 20.3 Å². The first-order chi connectivity index (χ1) is 29.2. The minimum Gasteiger partial charge on any atom is -0.374 e. The van der Waals surface area contributed by atoms with E-state index < -0.39 is 23.9 Å². The number of nitrogens with zero attached hydrogens (tertiary/aromatic N) is 9. The lowest BCUT2D eigenvalue weighted by Crippen LogP contribution is -2.48. The summed E-state index contributed by atoms with van der Waals surface area (Å²) in [5.74, 6) is -0.332. The molecule has 5 fully saturated rings. The molecule has 2 N–H and O–H groups in total. The Morgan fingerprint density at radius 2 is 1.85 bits per heavy atom. The first-order valence-electron chi connectivity index (χ1n) is 21.3. The molecule has 10 rings (SSSR count). The molecule has 3 amide bonds. The molecule has 4 aliphatic heterocycles. The van der Waals surface area contributed by atoms with Gasteiger partial charge >= 0.3 is 0 Å².